The van der Waals surface area contributed by atoms with Gasteiger partial charge < -0.3 is 9.84 Å². The molecule has 8 heteroatoms. The van der Waals surface area contributed by atoms with Gasteiger partial charge in [0.1, 0.15) is 12.1 Å². The minimum atomic E-state index is -1.17. The highest BCUT2D eigenvalue weighted by atomic mass is 79.9. The lowest BCUT2D eigenvalue weighted by atomic mass is 9.92. The molecule has 0 spiro atoms. The SMILES string of the molecule is Cc1ccc(-c2noc(CN3C(=O)NC(C)(c4ccccc4Br)C3=O)n2)cc1. The predicted molar refractivity (Wildman–Crippen MR) is 105 cm³/mol. The fourth-order valence-electron chi connectivity index (χ4n) is 3.16. The largest absolute Gasteiger partial charge is 0.337 e. The van der Waals surface area contributed by atoms with Crippen LogP contribution in [0, 0.1) is 6.92 Å². The van der Waals surface area contributed by atoms with Crippen LogP contribution in [0.2, 0.25) is 0 Å². The Labute approximate surface area is 169 Å². The smallest absolute Gasteiger partial charge is 0.325 e. The third kappa shape index (κ3) is 3.09. The Morgan fingerprint density at radius 3 is 2.57 bits per heavy atom. The highest BCUT2D eigenvalue weighted by molar-refractivity contribution is 9.10. The topological polar surface area (TPSA) is 88.3 Å². The second-order valence-electron chi connectivity index (χ2n) is 6.80. The van der Waals surface area contributed by atoms with Gasteiger partial charge in [-0.3, -0.25) is 9.69 Å². The fraction of sp³-hybridized carbons (Fsp3) is 0.200. The van der Waals surface area contributed by atoms with Gasteiger partial charge in [0.15, 0.2) is 0 Å². The molecule has 1 fully saturated rings. The number of imide groups is 1. The van der Waals surface area contributed by atoms with Crippen LogP contribution in [-0.2, 0) is 16.9 Å². The van der Waals surface area contributed by atoms with Crippen LogP contribution in [-0.4, -0.2) is 27.0 Å². The van der Waals surface area contributed by atoms with Gasteiger partial charge in [0.05, 0.1) is 0 Å². The van der Waals surface area contributed by atoms with Crippen molar-refractivity contribution in [3.05, 3.63) is 70.0 Å². The molecule has 3 amide bonds. The van der Waals surface area contributed by atoms with E-state index in [1.165, 1.54) is 0 Å². The molecule has 0 aliphatic carbocycles. The molecule has 1 aliphatic rings. The fourth-order valence-corrected chi connectivity index (χ4v) is 3.85. The Morgan fingerprint density at radius 1 is 1.14 bits per heavy atom. The summed E-state index contributed by atoms with van der Waals surface area (Å²) in [6.45, 7) is 3.58. The van der Waals surface area contributed by atoms with Crippen LogP contribution in [0.15, 0.2) is 57.5 Å². The lowest BCUT2D eigenvalue weighted by Crippen LogP contribution is -2.41. The van der Waals surface area contributed by atoms with Crippen molar-refractivity contribution in [3.8, 4) is 11.4 Å². The van der Waals surface area contributed by atoms with Crippen LogP contribution in [0.4, 0.5) is 4.79 Å². The Kier molecular flexibility index (Phi) is 4.50. The second-order valence-corrected chi connectivity index (χ2v) is 7.66. The quantitative estimate of drug-likeness (QED) is 0.623. The number of amides is 3. The van der Waals surface area contributed by atoms with Crippen molar-refractivity contribution in [3.63, 3.8) is 0 Å². The summed E-state index contributed by atoms with van der Waals surface area (Å²) in [5, 5.41) is 6.72. The zero-order valence-electron chi connectivity index (χ0n) is 15.3. The van der Waals surface area contributed by atoms with E-state index >= 15 is 0 Å². The standard InChI is InChI=1S/C20H17BrN4O3/c1-12-7-9-13(10-8-12)17-22-16(28-24-17)11-25-18(26)20(2,23-19(25)27)14-5-3-4-6-15(14)21/h3-10H,11H2,1-2H3,(H,23,27). The van der Waals surface area contributed by atoms with Gasteiger partial charge in [0, 0.05) is 15.6 Å². The first-order chi connectivity index (χ1) is 13.4. The molecular formula is C20H17BrN4O3. The monoisotopic (exact) mass is 440 g/mol. The highest BCUT2D eigenvalue weighted by Gasteiger charge is 2.50. The molecule has 28 heavy (non-hydrogen) atoms. The molecule has 1 atom stereocenters. The van der Waals surface area contributed by atoms with E-state index in [4.69, 9.17) is 4.52 Å². The number of aryl methyl sites for hydroxylation is 1. The lowest BCUT2D eigenvalue weighted by Gasteiger charge is -2.23. The summed E-state index contributed by atoms with van der Waals surface area (Å²) < 4.78 is 6.00. The number of nitrogens with one attached hydrogen (secondary N) is 1. The first-order valence-corrected chi connectivity index (χ1v) is 9.46. The van der Waals surface area contributed by atoms with Gasteiger partial charge in [-0.2, -0.15) is 4.98 Å². The van der Waals surface area contributed by atoms with Gasteiger partial charge >= 0.3 is 6.03 Å². The molecular weight excluding hydrogens is 424 g/mol. The third-order valence-corrected chi connectivity index (χ3v) is 5.45. The van der Waals surface area contributed by atoms with E-state index in [1.54, 1.807) is 13.0 Å². The number of hydrogen-bond donors (Lipinski definition) is 1. The molecule has 1 unspecified atom stereocenters. The molecule has 1 saturated heterocycles. The first-order valence-electron chi connectivity index (χ1n) is 8.67. The zero-order valence-corrected chi connectivity index (χ0v) is 16.9. The van der Waals surface area contributed by atoms with Crippen molar-refractivity contribution in [1.82, 2.24) is 20.4 Å². The second kappa shape index (κ2) is 6.87. The number of carbonyl (C=O) groups is 2. The summed E-state index contributed by atoms with van der Waals surface area (Å²) in [5.74, 6) is 0.227. The molecule has 4 rings (SSSR count). The molecule has 2 heterocycles. The summed E-state index contributed by atoms with van der Waals surface area (Å²) in [7, 11) is 0. The number of aromatic nitrogens is 2. The molecule has 0 radical (unpaired) electrons. The van der Waals surface area contributed by atoms with Crippen molar-refractivity contribution in [1.29, 1.82) is 0 Å². The number of urea groups is 1. The van der Waals surface area contributed by atoms with Crippen LogP contribution in [0.25, 0.3) is 11.4 Å². The minimum absolute atomic E-state index is 0.0937. The summed E-state index contributed by atoms with van der Waals surface area (Å²) in [6, 6.07) is 14.5. The first kappa shape index (κ1) is 18.4. The number of nitrogens with zero attached hydrogens (tertiary/aromatic N) is 3. The number of rotatable bonds is 4. The van der Waals surface area contributed by atoms with E-state index in [2.05, 4.69) is 31.4 Å². The van der Waals surface area contributed by atoms with Crippen molar-refractivity contribution in [2.45, 2.75) is 25.9 Å². The van der Waals surface area contributed by atoms with Crippen LogP contribution in [0.3, 0.4) is 0 Å². The van der Waals surface area contributed by atoms with Crippen molar-refractivity contribution >= 4 is 27.9 Å². The van der Waals surface area contributed by atoms with Crippen molar-refractivity contribution < 1.29 is 14.1 Å². The zero-order chi connectivity index (χ0) is 19.9. The van der Waals surface area contributed by atoms with Crippen molar-refractivity contribution in [2.24, 2.45) is 0 Å². The maximum atomic E-state index is 13.0. The van der Waals surface area contributed by atoms with Gasteiger partial charge in [-0.05, 0) is 19.9 Å². The minimum Gasteiger partial charge on any atom is -0.337 e. The van der Waals surface area contributed by atoms with E-state index in [1.807, 2.05) is 49.4 Å². The van der Waals surface area contributed by atoms with Gasteiger partial charge in [0.2, 0.25) is 11.7 Å². The molecule has 2 aromatic carbocycles. The van der Waals surface area contributed by atoms with Crippen LogP contribution in [0.1, 0.15) is 23.9 Å². The van der Waals surface area contributed by atoms with E-state index in [0.717, 1.165) is 20.5 Å². The Morgan fingerprint density at radius 2 is 1.86 bits per heavy atom. The molecule has 0 bridgehead atoms. The summed E-state index contributed by atoms with van der Waals surface area (Å²) in [4.78, 5) is 30.9. The summed E-state index contributed by atoms with van der Waals surface area (Å²) in [6.07, 6.45) is 0. The Hall–Kier alpha value is -3.00. The van der Waals surface area contributed by atoms with Gasteiger partial charge in [-0.1, -0.05) is 69.1 Å². The molecule has 3 aromatic rings. The average Bonchev–Trinajstić information content (AvgIpc) is 3.22. The highest BCUT2D eigenvalue weighted by Crippen LogP contribution is 2.34. The van der Waals surface area contributed by atoms with Gasteiger partial charge in [-0.15, -0.1) is 0 Å². The van der Waals surface area contributed by atoms with Gasteiger partial charge in [-0.25, -0.2) is 4.79 Å². The maximum Gasteiger partial charge on any atom is 0.325 e. The van der Waals surface area contributed by atoms with Crippen molar-refractivity contribution in [2.75, 3.05) is 0 Å². The average molecular weight is 441 g/mol. The Balaban J connectivity index is 1.58. The van der Waals surface area contributed by atoms with E-state index < -0.39 is 11.6 Å². The summed E-state index contributed by atoms with van der Waals surface area (Å²) >= 11 is 3.45. The number of hydrogen-bond acceptors (Lipinski definition) is 5. The number of carbonyl (C=O) groups excluding carboxylic acids is 2. The molecule has 0 saturated carbocycles. The number of benzene rings is 2. The van der Waals surface area contributed by atoms with E-state index in [-0.39, 0.29) is 18.3 Å². The number of halogens is 1. The molecule has 142 valence electrons. The van der Waals surface area contributed by atoms with Crippen LogP contribution < -0.4 is 5.32 Å². The predicted octanol–water partition coefficient (Wildman–Crippen LogP) is 3.77. The molecule has 1 aliphatic heterocycles. The normalized spacial score (nSPS) is 19.2. The molecule has 7 nitrogen and oxygen atoms in total. The van der Waals surface area contributed by atoms with E-state index in [9.17, 15) is 9.59 Å². The maximum absolute atomic E-state index is 13.0. The Bertz CT molecular complexity index is 1060. The van der Waals surface area contributed by atoms with Gasteiger partial charge in [0.25, 0.3) is 5.91 Å². The molecule has 1 N–H and O–H groups in total. The van der Waals surface area contributed by atoms with Crippen LogP contribution >= 0.6 is 15.9 Å². The lowest BCUT2D eigenvalue weighted by molar-refractivity contribution is -0.131. The van der Waals surface area contributed by atoms with Crippen LogP contribution in [0.5, 0.6) is 0 Å². The third-order valence-electron chi connectivity index (χ3n) is 4.76. The molecule has 1 aromatic heterocycles. The summed E-state index contributed by atoms with van der Waals surface area (Å²) in [5.41, 5.74) is 1.44. The van der Waals surface area contributed by atoms with E-state index in [0.29, 0.717) is 11.4 Å².